The number of amides is 1. The van der Waals surface area contributed by atoms with Gasteiger partial charge in [-0.3, -0.25) is 19.1 Å². The van der Waals surface area contributed by atoms with E-state index in [1.165, 1.54) is 24.3 Å². The Bertz CT molecular complexity index is 1030. The Kier molecular flexibility index (Phi) is 6.11. The van der Waals surface area contributed by atoms with Crippen LogP contribution >= 0.6 is 0 Å². The second kappa shape index (κ2) is 8.96. The molecule has 0 saturated carbocycles. The molecule has 1 amide bonds. The lowest BCUT2D eigenvalue weighted by molar-refractivity contribution is -0.132. The van der Waals surface area contributed by atoms with Crippen molar-refractivity contribution in [3.8, 4) is 0 Å². The molecule has 2 aromatic rings. The predicted octanol–water partition coefficient (Wildman–Crippen LogP) is 3.82. The van der Waals surface area contributed by atoms with Gasteiger partial charge in [-0.2, -0.15) is 5.10 Å². The predicted molar refractivity (Wildman–Crippen MR) is 114 cm³/mol. The zero-order chi connectivity index (χ0) is 22.0. The Morgan fingerprint density at radius 1 is 1.16 bits per heavy atom. The lowest BCUT2D eigenvalue weighted by Crippen LogP contribution is -2.40. The molecule has 1 aliphatic carbocycles. The molecular weight excluding hydrogens is 397 g/mol. The van der Waals surface area contributed by atoms with Crippen LogP contribution in [0.15, 0.2) is 36.0 Å². The SMILES string of the molecule is Cn1ncc2c1C=C(CCCC(=O)N1CCC(C(=O)c3ccc(F)cc3)CC1)CC2=O. The molecule has 0 radical (unpaired) electrons. The van der Waals surface area contributed by atoms with Crippen LogP contribution in [0.4, 0.5) is 4.39 Å². The lowest BCUT2D eigenvalue weighted by atomic mass is 9.88. The first-order valence-corrected chi connectivity index (χ1v) is 10.7. The molecule has 1 fully saturated rings. The Morgan fingerprint density at radius 3 is 2.58 bits per heavy atom. The zero-order valence-electron chi connectivity index (χ0n) is 17.6. The summed E-state index contributed by atoms with van der Waals surface area (Å²) in [4.78, 5) is 39.3. The second-order valence-electron chi connectivity index (χ2n) is 8.35. The normalized spacial score (nSPS) is 16.8. The maximum absolute atomic E-state index is 13.1. The molecular formula is C24H26FN3O3. The number of aromatic nitrogens is 2. The molecule has 4 rings (SSSR count). The van der Waals surface area contributed by atoms with Gasteiger partial charge in [0.15, 0.2) is 11.6 Å². The number of halogens is 1. The Balaban J connectivity index is 1.24. The fourth-order valence-corrected chi connectivity index (χ4v) is 4.41. The van der Waals surface area contributed by atoms with Crippen LogP contribution in [-0.2, 0) is 11.8 Å². The highest BCUT2D eigenvalue weighted by Crippen LogP contribution is 2.27. The number of benzene rings is 1. The van der Waals surface area contributed by atoms with Crippen molar-refractivity contribution >= 4 is 23.5 Å². The third-order valence-corrected chi connectivity index (χ3v) is 6.25. The Hall–Kier alpha value is -3.09. The highest BCUT2D eigenvalue weighted by molar-refractivity contribution is 6.03. The minimum atomic E-state index is -0.355. The van der Waals surface area contributed by atoms with Crippen molar-refractivity contribution in [2.75, 3.05) is 13.1 Å². The molecule has 6 nitrogen and oxygen atoms in total. The van der Waals surface area contributed by atoms with Gasteiger partial charge in [0.1, 0.15) is 5.82 Å². The second-order valence-corrected chi connectivity index (χ2v) is 8.35. The third-order valence-electron chi connectivity index (χ3n) is 6.25. The molecule has 0 bridgehead atoms. The molecule has 31 heavy (non-hydrogen) atoms. The molecule has 2 aliphatic rings. The maximum Gasteiger partial charge on any atom is 0.222 e. The number of rotatable bonds is 6. The van der Waals surface area contributed by atoms with Gasteiger partial charge in [-0.25, -0.2) is 4.39 Å². The van der Waals surface area contributed by atoms with Gasteiger partial charge in [0.05, 0.1) is 17.5 Å². The van der Waals surface area contributed by atoms with Gasteiger partial charge in [0, 0.05) is 44.5 Å². The summed E-state index contributed by atoms with van der Waals surface area (Å²) in [7, 11) is 1.82. The van der Waals surface area contributed by atoms with Crippen LogP contribution in [0.3, 0.4) is 0 Å². The zero-order valence-corrected chi connectivity index (χ0v) is 17.6. The summed E-state index contributed by atoms with van der Waals surface area (Å²) in [6.07, 6.45) is 7.11. The number of allylic oxidation sites excluding steroid dienone is 1. The molecule has 0 N–H and O–H groups in total. The third kappa shape index (κ3) is 4.65. The van der Waals surface area contributed by atoms with E-state index in [2.05, 4.69) is 5.10 Å². The van der Waals surface area contributed by atoms with Crippen LogP contribution in [0.1, 0.15) is 64.9 Å². The van der Waals surface area contributed by atoms with Gasteiger partial charge in [-0.05, 0) is 56.0 Å². The van der Waals surface area contributed by atoms with E-state index < -0.39 is 0 Å². The highest BCUT2D eigenvalue weighted by Gasteiger charge is 2.28. The summed E-state index contributed by atoms with van der Waals surface area (Å²) in [6, 6.07) is 5.65. The quantitative estimate of drug-likeness (QED) is 0.662. The number of ketones is 2. The number of hydrogen-bond acceptors (Lipinski definition) is 4. The lowest BCUT2D eigenvalue weighted by Gasteiger charge is -2.31. The number of Topliss-reactive ketones (excluding diaryl/α,β-unsaturated/α-hetero) is 2. The Labute approximate surface area is 180 Å². The molecule has 2 heterocycles. The smallest absolute Gasteiger partial charge is 0.222 e. The molecule has 1 aromatic carbocycles. The average Bonchev–Trinajstić information content (AvgIpc) is 3.15. The minimum absolute atomic E-state index is 0.0236. The molecule has 1 aliphatic heterocycles. The summed E-state index contributed by atoms with van der Waals surface area (Å²) >= 11 is 0. The van der Waals surface area contributed by atoms with Crippen molar-refractivity contribution in [3.05, 3.63) is 58.7 Å². The average molecular weight is 423 g/mol. The molecule has 0 unspecified atom stereocenters. The highest BCUT2D eigenvalue weighted by atomic mass is 19.1. The summed E-state index contributed by atoms with van der Waals surface area (Å²) in [6.45, 7) is 1.13. The monoisotopic (exact) mass is 423 g/mol. The van der Waals surface area contributed by atoms with Gasteiger partial charge in [-0.15, -0.1) is 0 Å². The summed E-state index contributed by atoms with van der Waals surface area (Å²) in [5.41, 5.74) is 3.07. The van der Waals surface area contributed by atoms with Crippen LogP contribution in [0.2, 0.25) is 0 Å². The van der Waals surface area contributed by atoms with Crippen LogP contribution in [0, 0.1) is 11.7 Å². The summed E-state index contributed by atoms with van der Waals surface area (Å²) in [5, 5.41) is 4.14. The van der Waals surface area contributed by atoms with E-state index in [-0.39, 0.29) is 29.2 Å². The standard InChI is InChI=1S/C24H26FN3O3/c1-27-21-13-16(14-22(29)20(21)15-26-27)3-2-4-23(30)28-11-9-18(10-12-28)24(31)17-5-7-19(25)8-6-17/h5-8,13,15,18H,2-4,9-12,14H2,1H3. The van der Waals surface area contributed by atoms with E-state index in [0.717, 1.165) is 11.3 Å². The first-order valence-electron chi connectivity index (χ1n) is 10.7. The van der Waals surface area contributed by atoms with Gasteiger partial charge < -0.3 is 4.90 Å². The minimum Gasteiger partial charge on any atom is -0.343 e. The van der Waals surface area contributed by atoms with Gasteiger partial charge >= 0.3 is 0 Å². The maximum atomic E-state index is 13.1. The number of carbonyl (C=O) groups is 3. The molecule has 1 saturated heterocycles. The fourth-order valence-electron chi connectivity index (χ4n) is 4.41. The topological polar surface area (TPSA) is 72.3 Å². The first kappa shape index (κ1) is 21.2. The number of carbonyl (C=O) groups excluding carboxylic acids is 3. The molecule has 1 aromatic heterocycles. The van der Waals surface area contributed by atoms with Crippen LogP contribution in [0.25, 0.3) is 6.08 Å². The van der Waals surface area contributed by atoms with Crippen molar-refractivity contribution in [1.29, 1.82) is 0 Å². The van der Waals surface area contributed by atoms with Crippen molar-refractivity contribution in [3.63, 3.8) is 0 Å². The summed E-state index contributed by atoms with van der Waals surface area (Å²) < 4.78 is 14.8. The molecule has 0 spiro atoms. The van der Waals surface area contributed by atoms with E-state index in [0.29, 0.717) is 62.7 Å². The molecule has 7 heteroatoms. The number of nitrogens with zero attached hydrogens (tertiary/aromatic N) is 3. The molecule has 0 atom stereocenters. The number of piperidine rings is 1. The van der Waals surface area contributed by atoms with Crippen LogP contribution in [0.5, 0.6) is 0 Å². The number of aryl methyl sites for hydroxylation is 1. The van der Waals surface area contributed by atoms with Gasteiger partial charge in [0.2, 0.25) is 5.91 Å². The molecule has 162 valence electrons. The van der Waals surface area contributed by atoms with Crippen molar-refractivity contribution in [2.45, 2.75) is 38.5 Å². The van der Waals surface area contributed by atoms with E-state index in [1.54, 1.807) is 10.9 Å². The van der Waals surface area contributed by atoms with Crippen molar-refractivity contribution < 1.29 is 18.8 Å². The van der Waals surface area contributed by atoms with E-state index in [9.17, 15) is 18.8 Å². The number of likely N-dealkylation sites (tertiary alicyclic amines) is 1. The van der Waals surface area contributed by atoms with Gasteiger partial charge in [0.25, 0.3) is 0 Å². The fraction of sp³-hybridized carbons (Fsp3) is 0.417. The number of fused-ring (bicyclic) bond motifs is 1. The van der Waals surface area contributed by atoms with E-state index in [4.69, 9.17) is 0 Å². The van der Waals surface area contributed by atoms with Crippen molar-refractivity contribution in [1.82, 2.24) is 14.7 Å². The Morgan fingerprint density at radius 2 is 1.87 bits per heavy atom. The van der Waals surface area contributed by atoms with E-state index >= 15 is 0 Å². The van der Waals surface area contributed by atoms with E-state index in [1.807, 2.05) is 18.0 Å². The van der Waals surface area contributed by atoms with Crippen molar-refractivity contribution in [2.24, 2.45) is 13.0 Å². The van der Waals surface area contributed by atoms with Crippen LogP contribution in [-0.4, -0.2) is 45.2 Å². The number of hydrogen-bond donors (Lipinski definition) is 0. The largest absolute Gasteiger partial charge is 0.343 e. The van der Waals surface area contributed by atoms with Crippen LogP contribution < -0.4 is 0 Å². The van der Waals surface area contributed by atoms with Gasteiger partial charge in [-0.1, -0.05) is 5.57 Å². The summed E-state index contributed by atoms with van der Waals surface area (Å²) in [5.74, 6) is -0.279. The first-order chi connectivity index (χ1) is 14.9.